The standard InChI is InChI=1S/C27H38FNO3/c1-3-5-7-9-11-13-21-31-23-17-15-22(16-18-23)24-19-20-25(27(28)29-24)32-26(30)14-12-10-8-6-4-2/h15-20H,3-14,21H2,1-2H3. The largest absolute Gasteiger partial charge is 0.494 e. The number of carbonyl (C=O) groups excluding carboxylic acids is 1. The fraction of sp³-hybridized carbons (Fsp3) is 0.556. The molecule has 176 valence electrons. The molecule has 0 radical (unpaired) electrons. The molecule has 0 amide bonds. The van der Waals surface area contributed by atoms with Crippen molar-refractivity contribution in [2.75, 3.05) is 6.61 Å². The van der Waals surface area contributed by atoms with Gasteiger partial charge in [-0.2, -0.15) is 4.39 Å². The summed E-state index contributed by atoms with van der Waals surface area (Å²) in [5.74, 6) is -0.509. The van der Waals surface area contributed by atoms with E-state index in [1.807, 2.05) is 24.3 Å². The van der Waals surface area contributed by atoms with Crippen LogP contribution in [-0.2, 0) is 4.79 Å². The second kappa shape index (κ2) is 15.4. The van der Waals surface area contributed by atoms with Crippen LogP contribution < -0.4 is 9.47 Å². The Kier molecular flexibility index (Phi) is 12.4. The van der Waals surface area contributed by atoms with E-state index in [0.29, 0.717) is 18.7 Å². The molecule has 0 spiro atoms. The van der Waals surface area contributed by atoms with Gasteiger partial charge in [-0.25, -0.2) is 4.98 Å². The number of pyridine rings is 1. The molecule has 0 N–H and O–H groups in total. The van der Waals surface area contributed by atoms with E-state index >= 15 is 0 Å². The van der Waals surface area contributed by atoms with Gasteiger partial charge in [0.2, 0.25) is 0 Å². The lowest BCUT2D eigenvalue weighted by Crippen LogP contribution is -2.09. The monoisotopic (exact) mass is 443 g/mol. The van der Waals surface area contributed by atoms with Crippen LogP contribution >= 0.6 is 0 Å². The van der Waals surface area contributed by atoms with Gasteiger partial charge in [-0.1, -0.05) is 71.6 Å². The van der Waals surface area contributed by atoms with Crippen LogP contribution in [0, 0.1) is 5.95 Å². The molecule has 1 heterocycles. The number of halogens is 1. The summed E-state index contributed by atoms with van der Waals surface area (Å²) in [5, 5.41) is 0. The Morgan fingerprint density at radius 2 is 1.44 bits per heavy atom. The number of hydrogen-bond acceptors (Lipinski definition) is 4. The molecule has 0 bridgehead atoms. The molecule has 0 aliphatic carbocycles. The highest BCUT2D eigenvalue weighted by molar-refractivity contribution is 5.72. The highest BCUT2D eigenvalue weighted by atomic mass is 19.1. The van der Waals surface area contributed by atoms with Crippen LogP contribution in [0.25, 0.3) is 11.3 Å². The van der Waals surface area contributed by atoms with Crippen LogP contribution in [-0.4, -0.2) is 17.6 Å². The third-order valence-corrected chi connectivity index (χ3v) is 5.44. The van der Waals surface area contributed by atoms with E-state index in [1.54, 1.807) is 6.07 Å². The molecule has 4 nitrogen and oxygen atoms in total. The van der Waals surface area contributed by atoms with E-state index in [2.05, 4.69) is 18.8 Å². The molecule has 1 aromatic heterocycles. The van der Waals surface area contributed by atoms with Crippen molar-refractivity contribution in [3.63, 3.8) is 0 Å². The van der Waals surface area contributed by atoms with Gasteiger partial charge in [0.1, 0.15) is 5.75 Å². The van der Waals surface area contributed by atoms with Gasteiger partial charge in [-0.3, -0.25) is 4.79 Å². The number of carbonyl (C=O) groups is 1. The van der Waals surface area contributed by atoms with Crippen molar-refractivity contribution in [1.82, 2.24) is 4.98 Å². The smallest absolute Gasteiger partial charge is 0.311 e. The molecule has 32 heavy (non-hydrogen) atoms. The fourth-order valence-corrected chi connectivity index (χ4v) is 3.50. The second-order valence-corrected chi connectivity index (χ2v) is 8.26. The van der Waals surface area contributed by atoms with Crippen molar-refractivity contribution >= 4 is 5.97 Å². The van der Waals surface area contributed by atoms with E-state index < -0.39 is 11.9 Å². The SMILES string of the molecule is CCCCCCCCOc1ccc(-c2ccc(OC(=O)CCCCCCC)c(F)n2)cc1. The number of rotatable bonds is 16. The zero-order chi connectivity index (χ0) is 23.0. The highest BCUT2D eigenvalue weighted by Crippen LogP contribution is 2.25. The van der Waals surface area contributed by atoms with Crippen LogP contribution in [0.5, 0.6) is 11.5 Å². The predicted octanol–water partition coefficient (Wildman–Crippen LogP) is 7.89. The lowest BCUT2D eigenvalue weighted by Gasteiger charge is -2.09. The number of ether oxygens (including phenoxy) is 2. The zero-order valence-corrected chi connectivity index (χ0v) is 19.7. The van der Waals surface area contributed by atoms with Crippen molar-refractivity contribution < 1.29 is 18.7 Å². The molecular formula is C27H38FNO3. The minimum atomic E-state index is -0.773. The Morgan fingerprint density at radius 3 is 2.09 bits per heavy atom. The van der Waals surface area contributed by atoms with Crippen LogP contribution in [0.1, 0.15) is 90.9 Å². The summed E-state index contributed by atoms with van der Waals surface area (Å²) in [6.07, 6.45) is 12.8. The van der Waals surface area contributed by atoms with Gasteiger partial charge in [0.05, 0.1) is 12.3 Å². The molecule has 0 saturated carbocycles. The summed E-state index contributed by atoms with van der Waals surface area (Å²) in [5.41, 5.74) is 1.27. The topological polar surface area (TPSA) is 48.4 Å². The van der Waals surface area contributed by atoms with Gasteiger partial charge in [0, 0.05) is 12.0 Å². The number of unbranched alkanes of at least 4 members (excludes halogenated alkanes) is 9. The first kappa shape index (κ1) is 25.8. The van der Waals surface area contributed by atoms with Crippen LogP contribution in [0.15, 0.2) is 36.4 Å². The third-order valence-electron chi connectivity index (χ3n) is 5.44. The van der Waals surface area contributed by atoms with Crippen LogP contribution in [0.3, 0.4) is 0 Å². The first-order chi connectivity index (χ1) is 15.6. The molecule has 1 aromatic carbocycles. The molecule has 5 heteroatoms. The summed E-state index contributed by atoms with van der Waals surface area (Å²) in [7, 11) is 0. The first-order valence-corrected chi connectivity index (χ1v) is 12.2. The summed E-state index contributed by atoms with van der Waals surface area (Å²) in [4.78, 5) is 15.9. The van der Waals surface area contributed by atoms with E-state index in [9.17, 15) is 9.18 Å². The average Bonchev–Trinajstić information content (AvgIpc) is 2.80. The number of nitrogens with zero attached hydrogens (tertiary/aromatic N) is 1. The molecule has 0 atom stereocenters. The van der Waals surface area contributed by atoms with Crippen molar-refractivity contribution in [1.29, 1.82) is 0 Å². The molecule has 0 aliphatic heterocycles. The molecule has 0 saturated heterocycles. The van der Waals surface area contributed by atoms with Gasteiger partial charge in [0.25, 0.3) is 5.95 Å². The van der Waals surface area contributed by atoms with E-state index in [4.69, 9.17) is 9.47 Å². The quantitative estimate of drug-likeness (QED) is 0.150. The van der Waals surface area contributed by atoms with Gasteiger partial charge < -0.3 is 9.47 Å². The minimum absolute atomic E-state index is 0.119. The van der Waals surface area contributed by atoms with E-state index in [0.717, 1.165) is 43.4 Å². The normalized spacial score (nSPS) is 10.8. The lowest BCUT2D eigenvalue weighted by atomic mass is 10.1. The average molecular weight is 444 g/mol. The number of benzene rings is 1. The third kappa shape index (κ3) is 9.80. The van der Waals surface area contributed by atoms with Gasteiger partial charge in [-0.05, 0) is 49.2 Å². The number of esters is 1. The van der Waals surface area contributed by atoms with E-state index in [1.165, 1.54) is 44.6 Å². The second-order valence-electron chi connectivity index (χ2n) is 8.26. The number of hydrogen-bond donors (Lipinski definition) is 0. The maximum absolute atomic E-state index is 14.4. The molecule has 2 aromatic rings. The van der Waals surface area contributed by atoms with Crippen LogP contribution in [0.4, 0.5) is 4.39 Å². The van der Waals surface area contributed by atoms with Crippen molar-refractivity contribution in [2.24, 2.45) is 0 Å². The maximum Gasteiger partial charge on any atom is 0.311 e. The minimum Gasteiger partial charge on any atom is -0.494 e. The predicted molar refractivity (Wildman–Crippen MR) is 128 cm³/mol. The van der Waals surface area contributed by atoms with E-state index in [-0.39, 0.29) is 5.75 Å². The molecule has 0 aliphatic rings. The summed E-state index contributed by atoms with van der Waals surface area (Å²) < 4.78 is 25.3. The van der Waals surface area contributed by atoms with Crippen molar-refractivity contribution in [2.45, 2.75) is 90.9 Å². The molecule has 2 rings (SSSR count). The van der Waals surface area contributed by atoms with Crippen molar-refractivity contribution in [3.8, 4) is 22.8 Å². The maximum atomic E-state index is 14.4. The molecule has 0 fully saturated rings. The summed E-state index contributed by atoms with van der Waals surface area (Å²) in [6, 6.07) is 10.6. The van der Waals surface area contributed by atoms with Gasteiger partial charge >= 0.3 is 5.97 Å². The first-order valence-electron chi connectivity index (χ1n) is 12.2. The molecular weight excluding hydrogens is 405 g/mol. The number of aromatic nitrogens is 1. The van der Waals surface area contributed by atoms with Gasteiger partial charge in [-0.15, -0.1) is 0 Å². The highest BCUT2D eigenvalue weighted by Gasteiger charge is 2.12. The molecule has 0 unspecified atom stereocenters. The van der Waals surface area contributed by atoms with Crippen LogP contribution in [0.2, 0.25) is 0 Å². The Hall–Kier alpha value is -2.43. The summed E-state index contributed by atoms with van der Waals surface area (Å²) >= 11 is 0. The Bertz CT molecular complexity index is 792. The summed E-state index contributed by atoms with van der Waals surface area (Å²) in [6.45, 7) is 5.07. The fourth-order valence-electron chi connectivity index (χ4n) is 3.50. The Balaban J connectivity index is 1.78. The van der Waals surface area contributed by atoms with Crippen molar-refractivity contribution in [3.05, 3.63) is 42.3 Å². The van der Waals surface area contributed by atoms with Gasteiger partial charge in [0.15, 0.2) is 5.75 Å². The Labute approximate surface area is 192 Å². The lowest BCUT2D eigenvalue weighted by molar-refractivity contribution is -0.134. The Morgan fingerprint density at radius 1 is 0.812 bits per heavy atom. The zero-order valence-electron chi connectivity index (χ0n) is 19.7.